The highest BCUT2D eigenvalue weighted by Gasteiger charge is 2.31. The number of urea groups is 1. The fraction of sp³-hybridized carbons (Fsp3) is 0.524. The minimum absolute atomic E-state index is 0.159. The Kier molecular flexibility index (Phi) is 12.6. The maximum absolute atomic E-state index is 13.8. The first kappa shape index (κ1) is 40.7. The smallest absolute Gasteiger partial charge is 0.320 e. The van der Waals surface area contributed by atoms with Crippen LogP contribution in [0.25, 0.3) is 11.3 Å². The Morgan fingerprint density at radius 3 is 2.48 bits per heavy atom. The van der Waals surface area contributed by atoms with Crippen molar-refractivity contribution in [2.75, 3.05) is 43.5 Å². The number of nitrogens with zero attached hydrogens (tertiary/aromatic N) is 9. The average molecular weight is 796 g/mol. The fourth-order valence-corrected chi connectivity index (χ4v) is 8.25. The zero-order chi connectivity index (χ0) is 40.8. The van der Waals surface area contributed by atoms with Crippen molar-refractivity contribution in [2.45, 2.75) is 109 Å². The molecule has 2 saturated heterocycles. The zero-order valence-corrected chi connectivity index (χ0v) is 34.3. The maximum atomic E-state index is 13.8. The van der Waals surface area contributed by atoms with Gasteiger partial charge in [0, 0.05) is 50.8 Å². The molecule has 16 nitrogen and oxygen atoms in total. The van der Waals surface area contributed by atoms with Crippen LogP contribution in [0.5, 0.6) is 5.75 Å². The number of methoxy groups -OCH3 is 1. The van der Waals surface area contributed by atoms with Crippen molar-refractivity contribution >= 4 is 29.9 Å². The zero-order valence-electron chi connectivity index (χ0n) is 34.3. The van der Waals surface area contributed by atoms with Crippen LogP contribution in [-0.2, 0) is 21.5 Å². The van der Waals surface area contributed by atoms with Gasteiger partial charge in [-0.1, -0.05) is 45.0 Å². The highest BCUT2D eigenvalue weighted by atomic mass is 16.5. The van der Waals surface area contributed by atoms with Crippen molar-refractivity contribution in [3.63, 3.8) is 0 Å². The fourth-order valence-electron chi connectivity index (χ4n) is 8.25. The number of carbonyl (C=O) groups is 2. The molecule has 0 unspecified atom stereocenters. The Balaban J connectivity index is 0.00000166. The second kappa shape index (κ2) is 18.0. The van der Waals surface area contributed by atoms with Crippen molar-refractivity contribution in [1.29, 1.82) is 0 Å². The van der Waals surface area contributed by atoms with E-state index >= 15 is 0 Å². The molecule has 2 fully saturated rings. The van der Waals surface area contributed by atoms with E-state index in [0.29, 0.717) is 18.0 Å². The lowest BCUT2D eigenvalue weighted by molar-refractivity contribution is -0.122. The molecule has 6 heterocycles. The molecule has 16 heteroatoms. The molecule has 2 amide bonds. The Morgan fingerprint density at radius 1 is 0.966 bits per heavy atom. The van der Waals surface area contributed by atoms with E-state index in [0.717, 1.165) is 111 Å². The summed E-state index contributed by atoms with van der Waals surface area (Å²) in [5, 5.41) is 31.9. The third-order valence-electron chi connectivity index (χ3n) is 11.5. The van der Waals surface area contributed by atoms with E-state index in [-0.39, 0.29) is 30.1 Å². The highest BCUT2D eigenvalue weighted by Crippen LogP contribution is 2.39. The number of likely N-dealkylation sites (tertiary alicyclic amines) is 1. The van der Waals surface area contributed by atoms with E-state index in [1.165, 1.54) is 6.42 Å². The molecule has 0 saturated carbocycles. The van der Waals surface area contributed by atoms with Crippen molar-refractivity contribution < 1.29 is 24.2 Å². The topological polar surface area (TPSA) is 169 Å². The van der Waals surface area contributed by atoms with Crippen LogP contribution in [0.3, 0.4) is 0 Å². The lowest BCUT2D eigenvalue weighted by atomic mass is 9.85. The van der Waals surface area contributed by atoms with Crippen molar-refractivity contribution in [3.8, 4) is 11.4 Å². The molecular formula is C42H57N11O5. The van der Waals surface area contributed by atoms with Crippen LogP contribution in [0.1, 0.15) is 102 Å². The molecule has 1 aromatic carbocycles. The minimum Gasteiger partial charge on any atom is -0.484 e. The van der Waals surface area contributed by atoms with Gasteiger partial charge in [-0.25, -0.2) is 9.48 Å². The highest BCUT2D eigenvalue weighted by molar-refractivity contribution is 5.89. The molecule has 3 aliphatic rings. The Bertz CT molecular complexity index is 2150. The first-order valence-corrected chi connectivity index (χ1v) is 20.5. The largest absolute Gasteiger partial charge is 0.484 e. The number of nitrogens with one attached hydrogen (secondary N) is 2. The van der Waals surface area contributed by atoms with Crippen LogP contribution in [0.4, 0.5) is 16.6 Å². The molecule has 2 aliphatic heterocycles. The number of hydrogen-bond donors (Lipinski definition) is 3. The van der Waals surface area contributed by atoms with Crippen LogP contribution in [0.15, 0.2) is 61.1 Å². The number of pyridine rings is 1. The van der Waals surface area contributed by atoms with Gasteiger partial charge in [-0.2, -0.15) is 10.2 Å². The summed E-state index contributed by atoms with van der Waals surface area (Å²) in [7, 11) is 1.80. The summed E-state index contributed by atoms with van der Waals surface area (Å²) in [5.41, 5.74) is 4.39. The Morgan fingerprint density at radius 2 is 1.74 bits per heavy atom. The summed E-state index contributed by atoms with van der Waals surface area (Å²) in [6, 6.07) is 14.1. The van der Waals surface area contributed by atoms with Gasteiger partial charge >= 0.3 is 6.03 Å². The van der Waals surface area contributed by atoms with E-state index in [4.69, 9.17) is 24.5 Å². The van der Waals surface area contributed by atoms with Gasteiger partial charge in [0.2, 0.25) is 5.95 Å². The van der Waals surface area contributed by atoms with Gasteiger partial charge < -0.3 is 29.7 Å². The number of fused-ring (bicyclic) bond motifs is 2. The quantitative estimate of drug-likeness (QED) is 0.134. The predicted octanol–water partition coefficient (Wildman–Crippen LogP) is 6.38. The van der Waals surface area contributed by atoms with E-state index in [1.807, 2.05) is 53.6 Å². The lowest BCUT2D eigenvalue weighted by Gasteiger charge is -2.33. The van der Waals surface area contributed by atoms with Gasteiger partial charge in [-0.3, -0.25) is 19.2 Å². The molecule has 0 radical (unpaired) electrons. The van der Waals surface area contributed by atoms with Gasteiger partial charge in [0.25, 0.3) is 6.47 Å². The number of amides is 2. The first-order chi connectivity index (χ1) is 28.0. The molecule has 1 aliphatic carbocycles. The monoisotopic (exact) mass is 795 g/mol. The number of carbonyl (C=O) groups excluding carboxylic acids is 1. The molecule has 5 aromatic rings. The number of ether oxygens (including phenoxy) is 2. The van der Waals surface area contributed by atoms with E-state index < -0.39 is 0 Å². The van der Waals surface area contributed by atoms with E-state index in [2.05, 4.69) is 80.0 Å². The SMILES string of the molecule is COC1CCN(CCn2cc(-n3nc(C(C)(C)C)cc3NC(=O)N[C@H]3CC[C@@H](Oc4ccc5nnc(N6CCCC[C@@H]6C)n5c4)c4ccccc43)cn2)CC1.O=CO. The molecule has 310 valence electrons. The number of rotatable bonds is 10. The predicted molar refractivity (Wildman–Crippen MR) is 221 cm³/mol. The summed E-state index contributed by atoms with van der Waals surface area (Å²) in [6.07, 6.45) is 13.2. The van der Waals surface area contributed by atoms with Crippen molar-refractivity contribution in [1.82, 2.24) is 44.4 Å². The van der Waals surface area contributed by atoms with Crippen LogP contribution < -0.4 is 20.3 Å². The second-order valence-corrected chi connectivity index (χ2v) is 16.5. The lowest BCUT2D eigenvalue weighted by Crippen LogP contribution is -2.38. The Hall–Kier alpha value is -5.48. The van der Waals surface area contributed by atoms with Gasteiger partial charge in [0.05, 0.1) is 43.0 Å². The third-order valence-corrected chi connectivity index (χ3v) is 11.5. The maximum Gasteiger partial charge on any atom is 0.320 e. The van der Waals surface area contributed by atoms with Gasteiger partial charge in [0.15, 0.2) is 5.65 Å². The van der Waals surface area contributed by atoms with E-state index in [9.17, 15) is 4.79 Å². The number of carboxylic acid groups (broad SMARTS) is 1. The molecule has 3 atom stereocenters. The average Bonchev–Trinajstić information content (AvgIpc) is 3.98. The Labute approximate surface area is 339 Å². The molecule has 58 heavy (non-hydrogen) atoms. The summed E-state index contributed by atoms with van der Waals surface area (Å²) in [4.78, 5) is 26.9. The number of anilines is 2. The van der Waals surface area contributed by atoms with Crippen molar-refractivity contribution in [3.05, 3.63) is 77.9 Å². The number of aromatic nitrogens is 7. The normalized spacial score (nSPS) is 20.2. The van der Waals surface area contributed by atoms with Gasteiger partial charge in [-0.05, 0) is 75.1 Å². The summed E-state index contributed by atoms with van der Waals surface area (Å²) < 4.78 is 18.0. The summed E-state index contributed by atoms with van der Waals surface area (Å²) in [6.45, 7) is 13.1. The summed E-state index contributed by atoms with van der Waals surface area (Å²) >= 11 is 0. The number of piperidine rings is 2. The van der Waals surface area contributed by atoms with Crippen molar-refractivity contribution in [2.24, 2.45) is 0 Å². The summed E-state index contributed by atoms with van der Waals surface area (Å²) in [5.74, 6) is 2.22. The number of hydrogen-bond acceptors (Lipinski definition) is 10. The molecular weight excluding hydrogens is 739 g/mol. The molecule has 4 aromatic heterocycles. The minimum atomic E-state index is -0.287. The first-order valence-electron chi connectivity index (χ1n) is 20.5. The van der Waals surface area contributed by atoms with Crippen LogP contribution in [-0.4, -0.2) is 102 Å². The molecule has 0 spiro atoms. The number of benzene rings is 1. The van der Waals surface area contributed by atoms with Gasteiger partial charge in [-0.15, -0.1) is 10.2 Å². The molecule has 8 rings (SSSR count). The van der Waals surface area contributed by atoms with Gasteiger partial charge in [0.1, 0.15) is 23.4 Å². The van der Waals surface area contributed by atoms with Crippen LogP contribution >= 0.6 is 0 Å². The van der Waals surface area contributed by atoms with Crippen LogP contribution in [0.2, 0.25) is 0 Å². The second-order valence-electron chi connectivity index (χ2n) is 16.5. The van der Waals surface area contributed by atoms with Crippen LogP contribution in [0, 0.1) is 0 Å². The standard InChI is InChI=1S/C41H55N11O3.CH2O2/c1-28-10-8-9-19-50(28)40-46-45-37-16-13-31(27-51(37)40)55-35-15-14-34(32-11-6-7-12-33(32)35)43-39(53)44-38-24-36(41(2,3)4)47-52(38)29-25-42-49(26-29)23-22-48-20-17-30(54-5)18-21-48;2-1-3/h6-7,11-13,16,24-28,30,34-35H,8-10,14-15,17-23H2,1-5H3,(H2,43,44,53);1H,(H,2,3)/t28-,34-,35+;/m0./s1. The van der Waals surface area contributed by atoms with E-state index in [1.54, 1.807) is 11.8 Å². The third kappa shape index (κ3) is 9.28. The molecule has 0 bridgehead atoms. The molecule has 3 N–H and O–H groups in total.